The normalized spacial score (nSPS) is 18.5. The van der Waals surface area contributed by atoms with E-state index in [1.54, 1.807) is 19.1 Å². The largest absolute Gasteiger partial charge is 0.301 e. The van der Waals surface area contributed by atoms with Crippen molar-refractivity contribution >= 4 is 33.2 Å². The maximum Gasteiger partial charge on any atom is 0.238 e. The molecular weight excluding hydrogens is 367 g/mol. The maximum absolute atomic E-state index is 11.8. The van der Waals surface area contributed by atoms with E-state index in [0.717, 1.165) is 29.8 Å². The van der Waals surface area contributed by atoms with Crippen LogP contribution in [-0.4, -0.2) is 26.9 Å². The number of halogens is 2. The number of hydrogen-bond acceptors (Lipinski definition) is 3. The van der Waals surface area contributed by atoms with E-state index in [2.05, 4.69) is 4.90 Å². The average Bonchev–Trinajstić information content (AvgIpc) is 2.46. The van der Waals surface area contributed by atoms with E-state index >= 15 is 0 Å². The molecule has 0 saturated carbocycles. The molecule has 1 aliphatic heterocycles. The topological polar surface area (TPSA) is 63.4 Å². The first-order valence-electron chi connectivity index (χ1n) is 7.47. The van der Waals surface area contributed by atoms with Crippen LogP contribution in [0.1, 0.15) is 28.2 Å². The first-order valence-corrected chi connectivity index (χ1v) is 9.77. The van der Waals surface area contributed by atoms with Gasteiger partial charge in [-0.25, -0.2) is 13.6 Å². The summed E-state index contributed by atoms with van der Waals surface area (Å²) in [6.07, 6.45) is 0. The van der Waals surface area contributed by atoms with Gasteiger partial charge < -0.3 is 4.90 Å². The minimum atomic E-state index is -3.77. The molecule has 128 valence electrons. The van der Waals surface area contributed by atoms with Crippen LogP contribution in [0.2, 0.25) is 10.0 Å². The molecule has 0 bridgehead atoms. The standard InChI is InChI=1S/C17H18Cl2N2O2S/c1-10-12(4-3-5-17(10)24(20,22)23)14-8-21(2)9-15-13(14)6-11(18)7-16(15)19/h3-7,14H,8-9H2,1-2H3,(H2,20,22,23). The van der Waals surface area contributed by atoms with Crippen LogP contribution in [0.25, 0.3) is 0 Å². The first kappa shape index (κ1) is 17.7. The van der Waals surface area contributed by atoms with Crippen LogP contribution in [0.3, 0.4) is 0 Å². The highest BCUT2D eigenvalue weighted by atomic mass is 35.5. The van der Waals surface area contributed by atoms with Gasteiger partial charge in [0.2, 0.25) is 10.0 Å². The Bertz CT molecular complexity index is 913. The molecule has 0 amide bonds. The van der Waals surface area contributed by atoms with Crippen LogP contribution < -0.4 is 5.14 Å². The third kappa shape index (κ3) is 3.19. The number of nitrogens with two attached hydrogens (primary N) is 1. The fourth-order valence-corrected chi connectivity index (χ4v) is 4.81. The second kappa shape index (κ2) is 6.32. The van der Waals surface area contributed by atoms with Crippen LogP contribution in [0, 0.1) is 6.92 Å². The van der Waals surface area contributed by atoms with Crippen molar-refractivity contribution in [1.82, 2.24) is 4.90 Å². The lowest BCUT2D eigenvalue weighted by Crippen LogP contribution is -2.31. The summed E-state index contributed by atoms with van der Waals surface area (Å²) in [6, 6.07) is 8.86. The van der Waals surface area contributed by atoms with Gasteiger partial charge in [0, 0.05) is 29.1 Å². The molecule has 0 radical (unpaired) electrons. The van der Waals surface area contributed by atoms with Gasteiger partial charge >= 0.3 is 0 Å². The average molecular weight is 385 g/mol. The van der Waals surface area contributed by atoms with Crippen LogP contribution >= 0.6 is 23.2 Å². The summed E-state index contributed by atoms with van der Waals surface area (Å²) >= 11 is 12.6. The molecule has 1 heterocycles. The maximum atomic E-state index is 11.8. The summed E-state index contributed by atoms with van der Waals surface area (Å²) in [5, 5.41) is 6.56. The first-order chi connectivity index (χ1) is 11.2. The molecule has 2 N–H and O–H groups in total. The summed E-state index contributed by atoms with van der Waals surface area (Å²) < 4.78 is 23.7. The molecule has 0 fully saturated rings. The molecule has 0 saturated heterocycles. The molecule has 4 nitrogen and oxygen atoms in total. The molecule has 2 aromatic carbocycles. The van der Waals surface area contributed by atoms with Gasteiger partial charge in [-0.3, -0.25) is 0 Å². The van der Waals surface area contributed by atoms with E-state index in [9.17, 15) is 8.42 Å². The quantitative estimate of drug-likeness (QED) is 0.860. The van der Waals surface area contributed by atoms with Gasteiger partial charge in [-0.05, 0) is 54.4 Å². The smallest absolute Gasteiger partial charge is 0.238 e. The molecule has 1 unspecified atom stereocenters. The lowest BCUT2D eigenvalue weighted by Gasteiger charge is -2.34. The highest BCUT2D eigenvalue weighted by molar-refractivity contribution is 7.89. The summed E-state index contributed by atoms with van der Waals surface area (Å²) in [5.41, 5.74) is 3.66. The zero-order chi connectivity index (χ0) is 17.6. The molecule has 2 aromatic rings. The van der Waals surface area contributed by atoms with E-state index < -0.39 is 10.0 Å². The molecule has 7 heteroatoms. The second-order valence-electron chi connectivity index (χ2n) is 6.22. The van der Waals surface area contributed by atoms with Gasteiger partial charge in [-0.1, -0.05) is 35.3 Å². The molecule has 1 atom stereocenters. The molecular formula is C17H18Cl2N2O2S. The Balaban J connectivity index is 2.22. The summed E-state index contributed by atoms with van der Waals surface area (Å²) in [6.45, 7) is 3.27. The van der Waals surface area contributed by atoms with E-state index in [0.29, 0.717) is 15.6 Å². The van der Waals surface area contributed by atoms with Crippen molar-refractivity contribution in [2.45, 2.75) is 24.3 Å². The minimum absolute atomic E-state index is 0.0170. The van der Waals surface area contributed by atoms with Crippen molar-refractivity contribution in [3.63, 3.8) is 0 Å². The highest BCUT2D eigenvalue weighted by Crippen LogP contribution is 2.40. The Hall–Kier alpha value is -1.11. The van der Waals surface area contributed by atoms with Crippen molar-refractivity contribution in [2.75, 3.05) is 13.6 Å². The number of likely N-dealkylation sites (N-methyl/N-ethyl adjacent to an activating group) is 1. The van der Waals surface area contributed by atoms with Crippen LogP contribution in [0.5, 0.6) is 0 Å². The van der Waals surface area contributed by atoms with E-state index in [4.69, 9.17) is 28.3 Å². The number of fused-ring (bicyclic) bond motifs is 1. The third-order valence-electron chi connectivity index (χ3n) is 4.50. The van der Waals surface area contributed by atoms with E-state index in [1.165, 1.54) is 6.07 Å². The van der Waals surface area contributed by atoms with Gasteiger partial charge in [0.1, 0.15) is 0 Å². The fraction of sp³-hybridized carbons (Fsp3) is 0.294. The lowest BCUT2D eigenvalue weighted by atomic mass is 9.83. The molecule has 3 rings (SSSR count). The predicted molar refractivity (Wildman–Crippen MR) is 97.2 cm³/mol. The molecule has 0 spiro atoms. The van der Waals surface area contributed by atoms with Crippen LogP contribution in [0.4, 0.5) is 0 Å². The molecule has 1 aliphatic rings. The van der Waals surface area contributed by atoms with Gasteiger partial charge in [0.05, 0.1) is 4.90 Å². The van der Waals surface area contributed by atoms with Crippen molar-refractivity contribution in [1.29, 1.82) is 0 Å². The number of benzene rings is 2. The number of rotatable bonds is 2. The zero-order valence-corrected chi connectivity index (χ0v) is 15.7. The van der Waals surface area contributed by atoms with Gasteiger partial charge in [-0.2, -0.15) is 0 Å². The molecule has 0 aliphatic carbocycles. The van der Waals surface area contributed by atoms with Crippen molar-refractivity contribution in [2.24, 2.45) is 5.14 Å². The minimum Gasteiger partial charge on any atom is -0.301 e. The number of sulfonamides is 1. The van der Waals surface area contributed by atoms with Crippen molar-refractivity contribution in [3.8, 4) is 0 Å². The number of nitrogens with zero attached hydrogens (tertiary/aromatic N) is 1. The van der Waals surface area contributed by atoms with Gasteiger partial charge in [0.25, 0.3) is 0 Å². The molecule has 0 aromatic heterocycles. The Morgan fingerprint density at radius 2 is 1.92 bits per heavy atom. The Morgan fingerprint density at radius 1 is 1.21 bits per heavy atom. The zero-order valence-electron chi connectivity index (χ0n) is 13.4. The Labute approximate surface area is 152 Å². The monoisotopic (exact) mass is 384 g/mol. The Kier molecular flexibility index (Phi) is 4.66. The highest BCUT2D eigenvalue weighted by Gasteiger charge is 2.29. The third-order valence-corrected chi connectivity index (χ3v) is 6.11. The van der Waals surface area contributed by atoms with Gasteiger partial charge in [0.15, 0.2) is 0 Å². The van der Waals surface area contributed by atoms with Gasteiger partial charge in [-0.15, -0.1) is 0 Å². The van der Waals surface area contributed by atoms with E-state index in [1.807, 2.05) is 19.2 Å². The van der Waals surface area contributed by atoms with Crippen LogP contribution in [0.15, 0.2) is 35.2 Å². The fourth-order valence-electron chi connectivity index (χ4n) is 3.43. The Morgan fingerprint density at radius 3 is 2.58 bits per heavy atom. The van der Waals surface area contributed by atoms with Crippen molar-refractivity contribution in [3.05, 3.63) is 62.6 Å². The SMILES string of the molecule is Cc1c(C2CN(C)Cc3c(Cl)cc(Cl)cc32)cccc1S(N)(=O)=O. The summed E-state index contributed by atoms with van der Waals surface area (Å²) in [4.78, 5) is 2.32. The summed E-state index contributed by atoms with van der Waals surface area (Å²) in [7, 11) is -1.75. The van der Waals surface area contributed by atoms with Crippen molar-refractivity contribution < 1.29 is 8.42 Å². The molecule has 24 heavy (non-hydrogen) atoms. The van der Waals surface area contributed by atoms with Crippen LogP contribution in [-0.2, 0) is 16.6 Å². The number of primary sulfonamides is 1. The lowest BCUT2D eigenvalue weighted by molar-refractivity contribution is 0.295. The van der Waals surface area contributed by atoms with E-state index in [-0.39, 0.29) is 10.8 Å². The summed E-state index contributed by atoms with van der Waals surface area (Å²) in [5.74, 6) is -0.0170. The number of hydrogen-bond donors (Lipinski definition) is 1. The predicted octanol–water partition coefficient (Wildman–Crippen LogP) is 3.53. The second-order valence-corrected chi connectivity index (χ2v) is 8.59.